The number of nitrogens with zero attached hydrogens (tertiary/aromatic N) is 2. The smallest absolute Gasteiger partial charge is 0.257 e. The van der Waals surface area contributed by atoms with E-state index in [1.807, 2.05) is 56.4 Å². The van der Waals surface area contributed by atoms with E-state index in [1.54, 1.807) is 6.20 Å². The molecule has 144 valence electrons. The fourth-order valence-corrected chi connectivity index (χ4v) is 3.31. The first-order valence-electron chi connectivity index (χ1n) is 9.57. The zero-order valence-electron chi connectivity index (χ0n) is 16.9. The fraction of sp³-hybridized carbons (Fsp3) is 0.250. The van der Waals surface area contributed by atoms with Crippen molar-refractivity contribution in [2.45, 2.75) is 40.3 Å². The third kappa shape index (κ3) is 4.97. The molecule has 3 aromatic rings. The molecule has 28 heavy (non-hydrogen) atoms. The van der Waals surface area contributed by atoms with Crippen molar-refractivity contribution < 1.29 is 4.79 Å². The number of carbonyl (C=O) groups excluding carboxylic acids is 1. The van der Waals surface area contributed by atoms with Gasteiger partial charge < -0.3 is 10.2 Å². The van der Waals surface area contributed by atoms with Crippen molar-refractivity contribution in [3.05, 3.63) is 89.2 Å². The van der Waals surface area contributed by atoms with Crippen LogP contribution in [-0.4, -0.2) is 16.9 Å². The molecule has 0 aliphatic carbocycles. The Hall–Kier alpha value is -3.14. The Kier molecular flexibility index (Phi) is 6.09. The van der Waals surface area contributed by atoms with Gasteiger partial charge in [0.1, 0.15) is 0 Å². The molecule has 0 aliphatic rings. The van der Waals surface area contributed by atoms with Crippen LogP contribution >= 0.6 is 0 Å². The molecule has 1 heterocycles. The number of carbonyl (C=O) groups is 1. The van der Waals surface area contributed by atoms with Crippen molar-refractivity contribution in [1.29, 1.82) is 0 Å². The summed E-state index contributed by atoms with van der Waals surface area (Å²) < 4.78 is 0. The predicted octanol–water partition coefficient (Wildman–Crippen LogP) is 5.37. The minimum absolute atomic E-state index is 0.150. The standard InChI is InChI=1S/C24H27N3O/c1-17(2)27(16-20-8-6-5-7-9-20)23-13-21(14-25-15-23)24(28)26-22-11-18(3)10-19(4)12-22/h5-15,17H,16H2,1-4H3,(H,26,28). The van der Waals surface area contributed by atoms with Crippen LogP contribution in [0.5, 0.6) is 0 Å². The Morgan fingerprint density at radius 2 is 1.68 bits per heavy atom. The maximum absolute atomic E-state index is 12.8. The number of benzene rings is 2. The summed E-state index contributed by atoms with van der Waals surface area (Å²) in [5, 5.41) is 2.99. The minimum Gasteiger partial charge on any atom is -0.364 e. The SMILES string of the molecule is Cc1cc(C)cc(NC(=O)c2cncc(N(Cc3ccccc3)C(C)C)c2)c1. The normalized spacial score (nSPS) is 10.8. The molecular formula is C24H27N3O. The van der Waals surface area contributed by atoms with Crippen molar-refractivity contribution in [1.82, 2.24) is 4.98 Å². The number of pyridine rings is 1. The molecule has 0 spiro atoms. The maximum Gasteiger partial charge on any atom is 0.257 e. The van der Waals surface area contributed by atoms with Crippen LogP contribution in [0, 0.1) is 13.8 Å². The number of aryl methyl sites for hydroxylation is 2. The van der Waals surface area contributed by atoms with E-state index >= 15 is 0 Å². The molecule has 0 aliphatic heterocycles. The zero-order chi connectivity index (χ0) is 20.1. The molecule has 1 N–H and O–H groups in total. The Morgan fingerprint density at radius 3 is 2.32 bits per heavy atom. The third-order valence-corrected chi connectivity index (χ3v) is 4.62. The number of amides is 1. The summed E-state index contributed by atoms with van der Waals surface area (Å²) in [6, 6.07) is 18.5. The van der Waals surface area contributed by atoms with Gasteiger partial charge in [-0.3, -0.25) is 9.78 Å². The highest BCUT2D eigenvalue weighted by atomic mass is 16.1. The van der Waals surface area contributed by atoms with Gasteiger partial charge in [0.2, 0.25) is 0 Å². The summed E-state index contributed by atoms with van der Waals surface area (Å²) in [4.78, 5) is 19.3. The number of rotatable bonds is 6. The molecule has 0 bridgehead atoms. The van der Waals surface area contributed by atoms with Crippen LogP contribution in [-0.2, 0) is 6.54 Å². The summed E-state index contributed by atoms with van der Waals surface area (Å²) in [5.41, 5.74) is 5.76. The molecule has 0 fully saturated rings. The van der Waals surface area contributed by atoms with Crippen molar-refractivity contribution in [3.63, 3.8) is 0 Å². The molecule has 3 rings (SSSR count). The van der Waals surface area contributed by atoms with E-state index in [9.17, 15) is 4.79 Å². The van der Waals surface area contributed by atoms with Crippen molar-refractivity contribution in [3.8, 4) is 0 Å². The largest absolute Gasteiger partial charge is 0.364 e. The molecule has 4 heteroatoms. The van der Waals surface area contributed by atoms with Gasteiger partial charge in [-0.25, -0.2) is 0 Å². The topological polar surface area (TPSA) is 45.2 Å². The summed E-state index contributed by atoms with van der Waals surface area (Å²) in [6.07, 6.45) is 3.43. The number of hydrogen-bond donors (Lipinski definition) is 1. The van der Waals surface area contributed by atoms with E-state index in [-0.39, 0.29) is 11.9 Å². The highest BCUT2D eigenvalue weighted by molar-refractivity contribution is 6.04. The van der Waals surface area contributed by atoms with E-state index in [1.165, 1.54) is 5.56 Å². The van der Waals surface area contributed by atoms with Crippen molar-refractivity contribution in [2.75, 3.05) is 10.2 Å². The fourth-order valence-electron chi connectivity index (χ4n) is 3.31. The van der Waals surface area contributed by atoms with E-state index in [0.717, 1.165) is 29.0 Å². The van der Waals surface area contributed by atoms with Gasteiger partial charge in [0, 0.05) is 24.5 Å². The van der Waals surface area contributed by atoms with Gasteiger partial charge in [0.25, 0.3) is 5.91 Å². The highest BCUT2D eigenvalue weighted by Crippen LogP contribution is 2.21. The second-order valence-electron chi connectivity index (χ2n) is 7.47. The number of hydrogen-bond acceptors (Lipinski definition) is 3. The van der Waals surface area contributed by atoms with Crippen molar-refractivity contribution >= 4 is 17.3 Å². The van der Waals surface area contributed by atoms with Gasteiger partial charge in [-0.15, -0.1) is 0 Å². The van der Waals surface area contributed by atoms with E-state index in [4.69, 9.17) is 0 Å². The highest BCUT2D eigenvalue weighted by Gasteiger charge is 2.15. The lowest BCUT2D eigenvalue weighted by Crippen LogP contribution is -2.30. The van der Waals surface area contributed by atoms with Crippen molar-refractivity contribution in [2.24, 2.45) is 0 Å². The first-order valence-corrected chi connectivity index (χ1v) is 9.57. The number of aromatic nitrogens is 1. The summed E-state index contributed by atoms with van der Waals surface area (Å²) in [7, 11) is 0. The Balaban J connectivity index is 1.82. The predicted molar refractivity (Wildman–Crippen MR) is 116 cm³/mol. The van der Waals surface area contributed by atoms with Gasteiger partial charge in [0.15, 0.2) is 0 Å². The van der Waals surface area contributed by atoms with Crippen LogP contribution in [0.1, 0.15) is 40.9 Å². The van der Waals surface area contributed by atoms with Gasteiger partial charge in [-0.1, -0.05) is 36.4 Å². The van der Waals surface area contributed by atoms with E-state index in [0.29, 0.717) is 5.56 Å². The van der Waals surface area contributed by atoms with Crippen LogP contribution in [0.4, 0.5) is 11.4 Å². The molecule has 0 atom stereocenters. The molecule has 0 unspecified atom stereocenters. The van der Waals surface area contributed by atoms with Crippen LogP contribution in [0.25, 0.3) is 0 Å². The Morgan fingerprint density at radius 1 is 1.00 bits per heavy atom. The molecule has 1 aromatic heterocycles. The summed E-state index contributed by atoms with van der Waals surface area (Å²) >= 11 is 0. The maximum atomic E-state index is 12.8. The van der Waals surface area contributed by atoms with E-state index < -0.39 is 0 Å². The summed E-state index contributed by atoms with van der Waals surface area (Å²) in [6.45, 7) is 9.10. The van der Waals surface area contributed by atoms with Crippen LogP contribution in [0.3, 0.4) is 0 Å². The van der Waals surface area contributed by atoms with Gasteiger partial charge in [0.05, 0.1) is 17.4 Å². The molecule has 0 saturated heterocycles. The lowest BCUT2D eigenvalue weighted by Gasteiger charge is -2.29. The molecule has 1 amide bonds. The molecule has 0 radical (unpaired) electrons. The third-order valence-electron chi connectivity index (χ3n) is 4.62. The first kappa shape index (κ1) is 19.6. The van der Waals surface area contributed by atoms with Crippen LogP contribution in [0.2, 0.25) is 0 Å². The quantitative estimate of drug-likeness (QED) is 0.632. The average molecular weight is 374 g/mol. The monoisotopic (exact) mass is 373 g/mol. The van der Waals surface area contributed by atoms with Crippen LogP contribution < -0.4 is 10.2 Å². The molecule has 0 saturated carbocycles. The van der Waals surface area contributed by atoms with E-state index in [2.05, 4.69) is 47.2 Å². The molecule has 4 nitrogen and oxygen atoms in total. The first-order chi connectivity index (χ1) is 13.4. The van der Waals surface area contributed by atoms with Gasteiger partial charge >= 0.3 is 0 Å². The Bertz CT molecular complexity index is 931. The lowest BCUT2D eigenvalue weighted by atomic mass is 10.1. The second kappa shape index (κ2) is 8.70. The number of anilines is 2. The summed E-state index contributed by atoms with van der Waals surface area (Å²) in [5.74, 6) is -0.150. The van der Waals surface area contributed by atoms with Crippen LogP contribution in [0.15, 0.2) is 67.0 Å². The molecule has 2 aromatic carbocycles. The minimum atomic E-state index is -0.150. The van der Waals surface area contributed by atoms with Gasteiger partial charge in [-0.2, -0.15) is 0 Å². The average Bonchev–Trinajstić information content (AvgIpc) is 2.66. The number of nitrogens with one attached hydrogen (secondary N) is 1. The Labute approximate surface area is 167 Å². The van der Waals surface area contributed by atoms with Gasteiger partial charge in [-0.05, 0) is 62.6 Å². The second-order valence-corrected chi connectivity index (χ2v) is 7.47. The molecular weight excluding hydrogens is 346 g/mol. The lowest BCUT2D eigenvalue weighted by molar-refractivity contribution is 0.102. The zero-order valence-corrected chi connectivity index (χ0v) is 16.9.